The van der Waals surface area contributed by atoms with Crippen molar-refractivity contribution >= 4 is 0 Å². The van der Waals surface area contributed by atoms with E-state index in [1.54, 1.807) is 6.92 Å². The molecule has 1 unspecified atom stereocenters. The monoisotopic (exact) mass is 147 g/mol. The van der Waals surface area contributed by atoms with Gasteiger partial charge in [-0.1, -0.05) is 41.0 Å². The maximum Gasteiger partial charge on any atom is -0.0482 e. The second kappa shape index (κ2) is 3.35. The van der Waals surface area contributed by atoms with Gasteiger partial charge in [-0.15, -0.1) is 5.60 Å². The summed E-state index contributed by atoms with van der Waals surface area (Å²) in [6, 6.07) is 0. The zero-order valence-electron chi connectivity index (χ0n) is 8.12. The second-order valence-corrected chi connectivity index (χ2v) is 3.83. The Morgan fingerprint density at radius 1 is 1.10 bits per heavy atom. The highest BCUT2D eigenvalue weighted by atomic mass is 16.3. The van der Waals surface area contributed by atoms with E-state index in [0.29, 0.717) is 6.42 Å². The van der Waals surface area contributed by atoms with Crippen molar-refractivity contribution in [1.82, 2.24) is 6.15 Å². The van der Waals surface area contributed by atoms with Crippen LogP contribution in [0.5, 0.6) is 0 Å². The molecule has 0 saturated carbocycles. The van der Waals surface area contributed by atoms with Gasteiger partial charge in [0, 0.05) is 0 Å². The van der Waals surface area contributed by atoms with Gasteiger partial charge in [0.05, 0.1) is 0 Å². The quantitative estimate of drug-likeness (QED) is 0.605. The predicted molar refractivity (Wildman–Crippen MR) is 44.1 cm³/mol. The Hall–Kier alpha value is -0.0800. The van der Waals surface area contributed by atoms with Crippen molar-refractivity contribution in [1.29, 1.82) is 0 Å². The first-order valence-electron chi connectivity index (χ1n) is 3.51. The smallest absolute Gasteiger partial charge is 0.0482 e. The minimum Gasteiger partial charge on any atom is -0.849 e. The van der Waals surface area contributed by atoms with Crippen LogP contribution < -0.4 is 11.3 Å². The van der Waals surface area contributed by atoms with E-state index in [9.17, 15) is 5.11 Å². The molecule has 1 atom stereocenters. The molecule has 0 aromatic carbocycles. The summed E-state index contributed by atoms with van der Waals surface area (Å²) in [5.41, 5.74) is -0.880. The van der Waals surface area contributed by atoms with E-state index in [1.807, 2.05) is 27.7 Å². The Labute approximate surface area is 64.2 Å². The van der Waals surface area contributed by atoms with Crippen LogP contribution in [-0.2, 0) is 0 Å². The summed E-state index contributed by atoms with van der Waals surface area (Å²) >= 11 is 0. The van der Waals surface area contributed by atoms with Gasteiger partial charge in [0.2, 0.25) is 0 Å². The van der Waals surface area contributed by atoms with Crippen molar-refractivity contribution in [3.8, 4) is 0 Å². The first-order chi connectivity index (χ1) is 3.81. The van der Waals surface area contributed by atoms with Crippen molar-refractivity contribution < 1.29 is 5.11 Å². The molecule has 0 aliphatic carbocycles. The molecular formula is C8H21NO. The molecule has 0 radical (unpaired) electrons. The van der Waals surface area contributed by atoms with E-state index in [2.05, 4.69) is 0 Å². The molecule has 0 saturated heterocycles. The zero-order chi connectivity index (χ0) is 7.71. The van der Waals surface area contributed by atoms with Crippen molar-refractivity contribution in [2.45, 2.75) is 46.6 Å². The number of quaternary nitrogens is 1. The van der Waals surface area contributed by atoms with Crippen LogP contribution in [0.2, 0.25) is 0 Å². The van der Waals surface area contributed by atoms with Gasteiger partial charge < -0.3 is 11.3 Å². The minimum absolute atomic E-state index is 0. The molecule has 0 spiro atoms. The molecule has 2 heteroatoms. The predicted octanol–water partition coefficient (Wildman–Crippen LogP) is 1.94. The fourth-order valence-electron chi connectivity index (χ4n) is 0.530. The van der Waals surface area contributed by atoms with Crippen LogP contribution in [0.15, 0.2) is 0 Å². The Morgan fingerprint density at radius 3 is 1.40 bits per heavy atom. The fourth-order valence-corrected chi connectivity index (χ4v) is 0.530. The lowest BCUT2D eigenvalue weighted by atomic mass is 9.76. The normalized spacial score (nSPS) is 17.4. The van der Waals surface area contributed by atoms with Crippen LogP contribution in [0.1, 0.15) is 41.0 Å². The zero-order valence-corrected chi connectivity index (χ0v) is 8.12. The fraction of sp³-hybridized carbons (Fsp3) is 1.00. The second-order valence-electron chi connectivity index (χ2n) is 3.83. The van der Waals surface area contributed by atoms with Crippen LogP contribution in [0, 0.1) is 5.41 Å². The van der Waals surface area contributed by atoms with Gasteiger partial charge in [0.1, 0.15) is 0 Å². The highest BCUT2D eigenvalue weighted by molar-refractivity contribution is 4.82. The largest absolute Gasteiger partial charge is 0.849 e. The van der Waals surface area contributed by atoms with Gasteiger partial charge in [0.15, 0.2) is 0 Å². The Kier molecular flexibility index (Phi) is 4.22. The number of hydrogen-bond donors (Lipinski definition) is 1. The Bertz CT molecular complexity index is 91.9. The molecular weight excluding hydrogens is 126 g/mol. The average molecular weight is 147 g/mol. The van der Waals surface area contributed by atoms with E-state index >= 15 is 0 Å². The molecule has 0 aromatic heterocycles. The Morgan fingerprint density at radius 2 is 1.40 bits per heavy atom. The summed E-state index contributed by atoms with van der Waals surface area (Å²) in [6.45, 7) is 9.68. The summed E-state index contributed by atoms with van der Waals surface area (Å²) in [5.74, 6) is 0. The van der Waals surface area contributed by atoms with E-state index in [1.165, 1.54) is 0 Å². The maximum absolute atomic E-state index is 11.5. The lowest BCUT2D eigenvalue weighted by Gasteiger charge is -2.48. The lowest BCUT2D eigenvalue weighted by molar-refractivity contribution is -0.498. The van der Waals surface area contributed by atoms with Gasteiger partial charge in [-0.3, -0.25) is 0 Å². The van der Waals surface area contributed by atoms with Crippen LogP contribution in [0.4, 0.5) is 0 Å². The van der Waals surface area contributed by atoms with E-state index in [4.69, 9.17) is 0 Å². The van der Waals surface area contributed by atoms with E-state index < -0.39 is 5.60 Å². The molecule has 10 heavy (non-hydrogen) atoms. The highest BCUT2D eigenvalue weighted by Gasteiger charge is 2.23. The molecule has 0 fully saturated rings. The molecule has 0 bridgehead atoms. The van der Waals surface area contributed by atoms with Gasteiger partial charge in [0.25, 0.3) is 0 Å². The molecule has 0 aromatic rings. The lowest BCUT2D eigenvalue weighted by Crippen LogP contribution is -2.51. The van der Waals surface area contributed by atoms with Crippen molar-refractivity contribution in [2.75, 3.05) is 0 Å². The highest BCUT2D eigenvalue weighted by Crippen LogP contribution is 2.29. The Balaban J connectivity index is 0. The standard InChI is InChI=1S/C8H17O.H3N/c1-6-8(5,9)7(2,3)4;/h6H2,1-5H3;1H3/q-1;/p+1. The molecule has 0 rings (SSSR count). The molecule has 64 valence electrons. The van der Waals surface area contributed by atoms with Crippen molar-refractivity contribution in [3.63, 3.8) is 0 Å². The van der Waals surface area contributed by atoms with Gasteiger partial charge in [-0.2, -0.15) is 0 Å². The molecule has 0 amide bonds. The van der Waals surface area contributed by atoms with Crippen LogP contribution >= 0.6 is 0 Å². The van der Waals surface area contributed by atoms with Gasteiger partial charge in [-0.25, -0.2) is 0 Å². The SMILES string of the molecule is CCC(C)([O-])C(C)(C)C.[NH4+]. The molecule has 0 aliphatic heterocycles. The topological polar surface area (TPSA) is 59.6 Å². The third-order valence-electron chi connectivity index (χ3n) is 2.26. The van der Waals surface area contributed by atoms with E-state index in [0.717, 1.165) is 0 Å². The molecule has 0 heterocycles. The first kappa shape index (κ1) is 12.6. The third kappa shape index (κ3) is 2.67. The average Bonchev–Trinajstić information content (AvgIpc) is 1.64. The summed E-state index contributed by atoms with van der Waals surface area (Å²) in [5, 5.41) is 11.5. The van der Waals surface area contributed by atoms with Crippen molar-refractivity contribution in [3.05, 3.63) is 0 Å². The summed E-state index contributed by atoms with van der Waals surface area (Å²) in [6.07, 6.45) is 0.705. The summed E-state index contributed by atoms with van der Waals surface area (Å²) in [7, 11) is 0. The molecule has 0 aliphatic rings. The summed E-state index contributed by atoms with van der Waals surface area (Å²) in [4.78, 5) is 0. The van der Waals surface area contributed by atoms with Gasteiger partial charge >= 0.3 is 0 Å². The number of rotatable bonds is 1. The van der Waals surface area contributed by atoms with Crippen LogP contribution in [0.25, 0.3) is 0 Å². The minimum atomic E-state index is -0.771. The van der Waals surface area contributed by atoms with E-state index in [-0.39, 0.29) is 11.6 Å². The van der Waals surface area contributed by atoms with Crippen LogP contribution in [-0.4, -0.2) is 5.60 Å². The van der Waals surface area contributed by atoms with Gasteiger partial charge in [-0.05, 0) is 5.41 Å². The summed E-state index contributed by atoms with van der Waals surface area (Å²) < 4.78 is 0. The maximum atomic E-state index is 11.5. The first-order valence-corrected chi connectivity index (χ1v) is 3.51. The van der Waals surface area contributed by atoms with Crippen LogP contribution in [0.3, 0.4) is 0 Å². The molecule has 2 nitrogen and oxygen atoms in total. The van der Waals surface area contributed by atoms with Crippen molar-refractivity contribution in [2.24, 2.45) is 5.41 Å². The molecule has 4 N–H and O–H groups in total. The third-order valence-corrected chi connectivity index (χ3v) is 2.26. The number of hydrogen-bond acceptors (Lipinski definition) is 1.